The molecule has 0 aromatic carbocycles. The minimum Gasteiger partial charge on any atom is -0.233 e. The van der Waals surface area contributed by atoms with E-state index in [1.165, 1.54) is 51.4 Å². The Labute approximate surface area is 100 Å². The van der Waals surface area contributed by atoms with Crippen LogP contribution in [0.15, 0.2) is 0 Å². The highest BCUT2D eigenvalue weighted by molar-refractivity contribution is 4.49. The molecule has 0 rings (SSSR count). The smallest absolute Gasteiger partial charge is 0.0239 e. The van der Waals surface area contributed by atoms with Crippen molar-refractivity contribution >= 4 is 0 Å². The van der Waals surface area contributed by atoms with Crippen molar-refractivity contribution in [3.8, 4) is 0 Å². The number of hydrogen-bond acceptors (Lipinski definition) is 3. The molecular formula is C13H29NO2. The summed E-state index contributed by atoms with van der Waals surface area (Å²) in [5.74, 6) is 0.862. The van der Waals surface area contributed by atoms with Gasteiger partial charge in [0, 0.05) is 6.54 Å². The van der Waals surface area contributed by atoms with Gasteiger partial charge in [-0.3, -0.25) is 0 Å². The maximum atomic E-state index is 8.02. The molecule has 16 heavy (non-hydrogen) atoms. The van der Waals surface area contributed by atoms with E-state index in [-0.39, 0.29) is 0 Å². The lowest BCUT2D eigenvalue weighted by atomic mass is 10.0. The molecule has 0 saturated heterocycles. The third-order valence-electron chi connectivity index (χ3n) is 2.87. The van der Waals surface area contributed by atoms with Crippen molar-refractivity contribution in [2.75, 3.05) is 6.54 Å². The van der Waals surface area contributed by atoms with Gasteiger partial charge in [-0.05, 0) is 12.3 Å². The van der Waals surface area contributed by atoms with Crippen molar-refractivity contribution in [2.45, 2.75) is 71.6 Å². The van der Waals surface area contributed by atoms with Gasteiger partial charge in [0.1, 0.15) is 0 Å². The molecule has 0 atom stereocenters. The third-order valence-corrected chi connectivity index (χ3v) is 2.87. The quantitative estimate of drug-likeness (QED) is 0.301. The van der Waals surface area contributed by atoms with E-state index in [0.29, 0.717) is 0 Å². The van der Waals surface area contributed by atoms with Crippen LogP contribution in [0.3, 0.4) is 0 Å². The van der Waals surface area contributed by atoms with Crippen LogP contribution in [0, 0.1) is 5.92 Å². The molecule has 0 saturated carbocycles. The Balaban J connectivity index is 2.88. The minimum absolute atomic E-state index is 0.741. The summed E-state index contributed by atoms with van der Waals surface area (Å²) in [4.78, 5) is 3.78. The first kappa shape index (κ1) is 15.9. The van der Waals surface area contributed by atoms with Gasteiger partial charge in [-0.25, -0.2) is 5.26 Å². The zero-order valence-corrected chi connectivity index (χ0v) is 11.0. The van der Waals surface area contributed by atoms with E-state index in [2.05, 4.69) is 24.3 Å². The molecule has 98 valence electrons. The standard InChI is InChI=1S/C13H29NO2/c1-13(2)11-9-7-5-3-4-6-8-10-12-14-16-15/h13-15H,3-12H2,1-2H3. The number of rotatable bonds is 12. The predicted octanol–water partition coefficient (Wildman–Crippen LogP) is 4.15. The first-order valence-corrected chi connectivity index (χ1v) is 6.80. The normalized spacial score (nSPS) is 11.2. The second-order valence-corrected chi connectivity index (χ2v) is 5.00. The molecule has 0 aromatic heterocycles. The lowest BCUT2D eigenvalue weighted by Crippen LogP contribution is -2.13. The average Bonchev–Trinajstić information content (AvgIpc) is 2.25. The van der Waals surface area contributed by atoms with Gasteiger partial charge >= 0.3 is 0 Å². The van der Waals surface area contributed by atoms with Crippen molar-refractivity contribution in [3.05, 3.63) is 0 Å². The summed E-state index contributed by atoms with van der Waals surface area (Å²) in [6.07, 6.45) is 11.9. The van der Waals surface area contributed by atoms with E-state index in [1.54, 1.807) is 0 Å². The number of nitrogens with one attached hydrogen (secondary N) is 1. The van der Waals surface area contributed by atoms with Crippen molar-refractivity contribution in [1.29, 1.82) is 0 Å². The lowest BCUT2D eigenvalue weighted by Gasteiger charge is -2.04. The Morgan fingerprint density at radius 2 is 1.38 bits per heavy atom. The van der Waals surface area contributed by atoms with Gasteiger partial charge in [0.15, 0.2) is 0 Å². The van der Waals surface area contributed by atoms with Crippen LogP contribution in [0.5, 0.6) is 0 Å². The van der Waals surface area contributed by atoms with Crippen molar-refractivity contribution in [1.82, 2.24) is 5.48 Å². The van der Waals surface area contributed by atoms with Gasteiger partial charge in [0.2, 0.25) is 0 Å². The van der Waals surface area contributed by atoms with Crippen LogP contribution >= 0.6 is 0 Å². The van der Waals surface area contributed by atoms with Crippen molar-refractivity contribution in [3.63, 3.8) is 0 Å². The zero-order valence-electron chi connectivity index (χ0n) is 11.0. The molecule has 0 aliphatic carbocycles. The molecule has 3 nitrogen and oxygen atoms in total. The molecular weight excluding hydrogens is 202 g/mol. The van der Waals surface area contributed by atoms with E-state index >= 15 is 0 Å². The average molecular weight is 231 g/mol. The molecule has 0 aromatic rings. The molecule has 2 N–H and O–H groups in total. The fraction of sp³-hybridized carbons (Fsp3) is 1.00. The number of unbranched alkanes of at least 4 members (excludes halogenated alkanes) is 7. The Kier molecular flexibility index (Phi) is 12.9. The molecule has 0 unspecified atom stereocenters. The second kappa shape index (κ2) is 12.9. The molecule has 0 fully saturated rings. The second-order valence-electron chi connectivity index (χ2n) is 5.00. The maximum absolute atomic E-state index is 8.02. The van der Waals surface area contributed by atoms with Crippen LogP contribution in [0.4, 0.5) is 0 Å². The molecule has 0 aliphatic rings. The third kappa shape index (κ3) is 13.9. The van der Waals surface area contributed by atoms with E-state index < -0.39 is 0 Å². The number of hydrogen-bond donors (Lipinski definition) is 2. The Morgan fingerprint density at radius 3 is 1.88 bits per heavy atom. The van der Waals surface area contributed by atoms with Crippen LogP contribution < -0.4 is 5.48 Å². The molecule has 0 radical (unpaired) electrons. The highest BCUT2D eigenvalue weighted by Gasteiger charge is 1.95. The van der Waals surface area contributed by atoms with E-state index in [4.69, 9.17) is 5.26 Å². The maximum Gasteiger partial charge on any atom is 0.0239 e. The van der Waals surface area contributed by atoms with Gasteiger partial charge < -0.3 is 0 Å². The van der Waals surface area contributed by atoms with Crippen LogP contribution in [0.2, 0.25) is 0 Å². The monoisotopic (exact) mass is 231 g/mol. The molecule has 0 bridgehead atoms. The summed E-state index contributed by atoms with van der Waals surface area (Å²) in [6.45, 7) is 5.33. The summed E-state index contributed by atoms with van der Waals surface area (Å²) in [5, 5.41) is 8.02. The topological polar surface area (TPSA) is 41.5 Å². The van der Waals surface area contributed by atoms with Crippen LogP contribution in [0.25, 0.3) is 0 Å². The van der Waals surface area contributed by atoms with Gasteiger partial charge in [-0.1, -0.05) is 65.2 Å². The Morgan fingerprint density at radius 1 is 0.875 bits per heavy atom. The summed E-state index contributed by atoms with van der Waals surface area (Å²) in [7, 11) is 0. The largest absolute Gasteiger partial charge is 0.233 e. The van der Waals surface area contributed by atoms with Crippen LogP contribution in [0.1, 0.15) is 71.6 Å². The van der Waals surface area contributed by atoms with Crippen molar-refractivity contribution < 1.29 is 10.2 Å². The molecule has 0 amide bonds. The minimum atomic E-state index is 0.741. The summed E-state index contributed by atoms with van der Waals surface area (Å²) < 4.78 is 0. The van der Waals surface area contributed by atoms with Gasteiger partial charge in [-0.15, -0.1) is 4.99 Å². The van der Waals surface area contributed by atoms with Gasteiger partial charge in [0.05, 0.1) is 0 Å². The highest BCUT2D eigenvalue weighted by atomic mass is 17.2. The highest BCUT2D eigenvalue weighted by Crippen LogP contribution is 2.12. The summed E-state index contributed by atoms with van der Waals surface area (Å²) in [5.41, 5.74) is 2.43. The number of hydroxylamine groups is 1. The predicted molar refractivity (Wildman–Crippen MR) is 68.1 cm³/mol. The van der Waals surface area contributed by atoms with E-state index in [9.17, 15) is 0 Å². The summed E-state index contributed by atoms with van der Waals surface area (Å²) in [6, 6.07) is 0. The Hall–Kier alpha value is -0.120. The zero-order chi connectivity index (χ0) is 12.1. The lowest BCUT2D eigenvalue weighted by molar-refractivity contribution is -0.291. The fourth-order valence-electron chi connectivity index (χ4n) is 1.86. The van der Waals surface area contributed by atoms with Crippen LogP contribution in [-0.2, 0) is 4.99 Å². The summed E-state index contributed by atoms with van der Waals surface area (Å²) >= 11 is 0. The first-order valence-electron chi connectivity index (χ1n) is 6.80. The van der Waals surface area contributed by atoms with E-state index in [1.807, 2.05) is 0 Å². The molecule has 0 heterocycles. The molecule has 0 spiro atoms. The molecule has 0 aliphatic heterocycles. The van der Waals surface area contributed by atoms with Crippen molar-refractivity contribution in [2.24, 2.45) is 5.92 Å². The SMILES string of the molecule is CC(C)CCCCCCCCCCNOO. The van der Waals surface area contributed by atoms with E-state index in [0.717, 1.165) is 18.9 Å². The first-order chi connectivity index (χ1) is 7.77. The van der Waals surface area contributed by atoms with Gasteiger partial charge in [-0.2, -0.15) is 5.48 Å². The molecule has 3 heteroatoms. The fourth-order valence-corrected chi connectivity index (χ4v) is 1.86. The Bertz CT molecular complexity index is 129. The van der Waals surface area contributed by atoms with Crippen LogP contribution in [-0.4, -0.2) is 11.8 Å². The van der Waals surface area contributed by atoms with Gasteiger partial charge in [0.25, 0.3) is 0 Å².